The lowest BCUT2D eigenvalue weighted by Gasteiger charge is -2.24. The lowest BCUT2D eigenvalue weighted by molar-refractivity contribution is 0.0287. The second kappa shape index (κ2) is 6.76. The lowest BCUT2D eigenvalue weighted by Crippen LogP contribution is -2.35. The summed E-state index contributed by atoms with van der Waals surface area (Å²) in [6, 6.07) is 0.526. The molecule has 2 unspecified atom stereocenters. The average Bonchev–Trinajstić information content (AvgIpc) is 2.97. The molecule has 5 nitrogen and oxygen atoms in total. The molecule has 0 spiro atoms. The Labute approximate surface area is 122 Å². The van der Waals surface area contributed by atoms with Gasteiger partial charge in [-0.2, -0.15) is 0 Å². The van der Waals surface area contributed by atoms with E-state index in [1.54, 1.807) is 0 Å². The van der Waals surface area contributed by atoms with E-state index in [4.69, 9.17) is 9.47 Å². The van der Waals surface area contributed by atoms with Crippen molar-refractivity contribution in [2.75, 3.05) is 32.8 Å². The lowest BCUT2D eigenvalue weighted by atomic mass is 10.1. The molecule has 1 N–H and O–H groups in total. The van der Waals surface area contributed by atoms with Crippen LogP contribution in [-0.4, -0.2) is 55.5 Å². The molecule has 2 aliphatic heterocycles. The van der Waals surface area contributed by atoms with Crippen LogP contribution in [0.4, 0.5) is 4.79 Å². The summed E-state index contributed by atoms with van der Waals surface area (Å²) in [5, 5.41) is 3.53. The van der Waals surface area contributed by atoms with Gasteiger partial charge in [0.2, 0.25) is 0 Å². The Hall–Kier alpha value is -0.810. The van der Waals surface area contributed by atoms with Gasteiger partial charge in [0.1, 0.15) is 5.60 Å². The normalized spacial score (nSPS) is 27.1. The Kier molecular flexibility index (Phi) is 5.27. The zero-order chi connectivity index (χ0) is 14.6. The molecule has 2 rings (SSSR count). The number of amides is 1. The second-order valence-corrected chi connectivity index (χ2v) is 6.88. The van der Waals surface area contributed by atoms with Gasteiger partial charge in [0, 0.05) is 25.7 Å². The summed E-state index contributed by atoms with van der Waals surface area (Å²) in [6.45, 7) is 10.1. The fourth-order valence-corrected chi connectivity index (χ4v) is 2.75. The average molecular weight is 284 g/mol. The highest BCUT2D eigenvalue weighted by atomic mass is 16.6. The Morgan fingerprint density at radius 2 is 2.20 bits per heavy atom. The first kappa shape index (κ1) is 15.6. The van der Waals surface area contributed by atoms with Gasteiger partial charge in [0.15, 0.2) is 0 Å². The summed E-state index contributed by atoms with van der Waals surface area (Å²) in [5.74, 6) is 0.595. The van der Waals surface area contributed by atoms with E-state index < -0.39 is 5.60 Å². The summed E-state index contributed by atoms with van der Waals surface area (Å²) in [4.78, 5) is 13.8. The van der Waals surface area contributed by atoms with Crippen LogP contribution in [0.5, 0.6) is 0 Å². The molecule has 2 fully saturated rings. The molecule has 0 radical (unpaired) electrons. The van der Waals surface area contributed by atoms with Crippen LogP contribution in [0.25, 0.3) is 0 Å². The van der Waals surface area contributed by atoms with Gasteiger partial charge in [0.05, 0.1) is 6.61 Å². The third-order valence-corrected chi connectivity index (χ3v) is 3.85. The SMILES string of the molecule is CC(C)(C)OC(=O)N1CCC(CCNC2CCOC2)C1. The molecular weight excluding hydrogens is 256 g/mol. The fourth-order valence-electron chi connectivity index (χ4n) is 2.75. The zero-order valence-corrected chi connectivity index (χ0v) is 13.0. The van der Waals surface area contributed by atoms with Crippen molar-refractivity contribution in [1.29, 1.82) is 0 Å². The molecule has 0 aromatic carbocycles. The number of carbonyl (C=O) groups excluding carboxylic acids is 1. The number of carbonyl (C=O) groups is 1. The monoisotopic (exact) mass is 284 g/mol. The van der Waals surface area contributed by atoms with Gasteiger partial charge < -0.3 is 19.7 Å². The molecule has 5 heteroatoms. The van der Waals surface area contributed by atoms with Crippen LogP contribution in [-0.2, 0) is 9.47 Å². The minimum Gasteiger partial charge on any atom is -0.444 e. The Morgan fingerprint density at radius 1 is 1.40 bits per heavy atom. The number of nitrogens with one attached hydrogen (secondary N) is 1. The highest BCUT2D eigenvalue weighted by Crippen LogP contribution is 2.21. The molecule has 2 atom stereocenters. The molecular formula is C15H28N2O3. The molecule has 2 aliphatic rings. The summed E-state index contributed by atoms with van der Waals surface area (Å²) in [6.07, 6.45) is 3.16. The Balaban J connectivity index is 1.63. The van der Waals surface area contributed by atoms with Crippen molar-refractivity contribution in [3.8, 4) is 0 Å². The summed E-state index contributed by atoms with van der Waals surface area (Å²) in [7, 11) is 0. The van der Waals surface area contributed by atoms with Gasteiger partial charge >= 0.3 is 6.09 Å². The van der Waals surface area contributed by atoms with Crippen LogP contribution in [0, 0.1) is 5.92 Å². The van der Waals surface area contributed by atoms with Crippen molar-refractivity contribution >= 4 is 6.09 Å². The number of nitrogens with zero attached hydrogens (tertiary/aromatic N) is 1. The van der Waals surface area contributed by atoms with Crippen LogP contribution in [0.2, 0.25) is 0 Å². The third-order valence-electron chi connectivity index (χ3n) is 3.85. The van der Waals surface area contributed by atoms with Crippen molar-refractivity contribution in [2.45, 2.75) is 51.7 Å². The van der Waals surface area contributed by atoms with Gasteiger partial charge in [-0.25, -0.2) is 4.79 Å². The van der Waals surface area contributed by atoms with E-state index in [2.05, 4.69) is 5.32 Å². The molecule has 2 saturated heterocycles. The van der Waals surface area contributed by atoms with Crippen LogP contribution in [0.3, 0.4) is 0 Å². The number of hydrogen-bond acceptors (Lipinski definition) is 4. The van der Waals surface area contributed by atoms with Crippen molar-refractivity contribution in [3.63, 3.8) is 0 Å². The summed E-state index contributed by atoms with van der Waals surface area (Å²) >= 11 is 0. The minimum atomic E-state index is -0.404. The minimum absolute atomic E-state index is 0.169. The highest BCUT2D eigenvalue weighted by molar-refractivity contribution is 5.68. The van der Waals surface area contributed by atoms with Crippen molar-refractivity contribution in [3.05, 3.63) is 0 Å². The Bertz CT molecular complexity index is 322. The quantitative estimate of drug-likeness (QED) is 0.858. The molecule has 20 heavy (non-hydrogen) atoms. The van der Waals surface area contributed by atoms with Gasteiger partial charge in [-0.05, 0) is 52.5 Å². The summed E-state index contributed by atoms with van der Waals surface area (Å²) in [5.41, 5.74) is -0.404. The smallest absolute Gasteiger partial charge is 0.410 e. The van der Waals surface area contributed by atoms with E-state index in [0.29, 0.717) is 12.0 Å². The predicted octanol–water partition coefficient (Wildman–Crippen LogP) is 2.01. The van der Waals surface area contributed by atoms with Crippen LogP contribution >= 0.6 is 0 Å². The first-order valence-corrected chi connectivity index (χ1v) is 7.73. The molecule has 2 heterocycles. The van der Waals surface area contributed by atoms with E-state index >= 15 is 0 Å². The molecule has 0 aliphatic carbocycles. The molecule has 0 aromatic heterocycles. The van der Waals surface area contributed by atoms with E-state index in [1.165, 1.54) is 0 Å². The van der Waals surface area contributed by atoms with Gasteiger partial charge in [0.25, 0.3) is 0 Å². The highest BCUT2D eigenvalue weighted by Gasteiger charge is 2.29. The molecule has 1 amide bonds. The Morgan fingerprint density at radius 3 is 2.85 bits per heavy atom. The predicted molar refractivity (Wildman–Crippen MR) is 77.8 cm³/mol. The maximum Gasteiger partial charge on any atom is 0.410 e. The van der Waals surface area contributed by atoms with Crippen LogP contribution in [0.15, 0.2) is 0 Å². The molecule has 0 saturated carbocycles. The van der Waals surface area contributed by atoms with Gasteiger partial charge in [-0.1, -0.05) is 0 Å². The molecule has 116 valence electrons. The zero-order valence-electron chi connectivity index (χ0n) is 13.0. The number of hydrogen-bond donors (Lipinski definition) is 1. The second-order valence-electron chi connectivity index (χ2n) is 6.88. The van der Waals surface area contributed by atoms with E-state index in [1.807, 2.05) is 25.7 Å². The number of ether oxygens (including phenoxy) is 2. The van der Waals surface area contributed by atoms with E-state index in [-0.39, 0.29) is 6.09 Å². The van der Waals surface area contributed by atoms with Crippen LogP contribution in [0.1, 0.15) is 40.0 Å². The topological polar surface area (TPSA) is 50.8 Å². The van der Waals surface area contributed by atoms with E-state index in [9.17, 15) is 4.79 Å². The first-order chi connectivity index (χ1) is 9.44. The van der Waals surface area contributed by atoms with Gasteiger partial charge in [-0.15, -0.1) is 0 Å². The fraction of sp³-hybridized carbons (Fsp3) is 0.933. The van der Waals surface area contributed by atoms with Crippen LogP contribution < -0.4 is 5.32 Å². The van der Waals surface area contributed by atoms with Crippen molar-refractivity contribution in [1.82, 2.24) is 10.2 Å². The van der Waals surface area contributed by atoms with Crippen molar-refractivity contribution in [2.24, 2.45) is 5.92 Å². The summed E-state index contributed by atoms with van der Waals surface area (Å²) < 4.78 is 10.8. The maximum absolute atomic E-state index is 12.0. The molecule has 0 aromatic rings. The van der Waals surface area contributed by atoms with Crippen molar-refractivity contribution < 1.29 is 14.3 Å². The third kappa shape index (κ3) is 4.94. The van der Waals surface area contributed by atoms with Gasteiger partial charge in [-0.3, -0.25) is 0 Å². The number of rotatable bonds is 4. The largest absolute Gasteiger partial charge is 0.444 e. The first-order valence-electron chi connectivity index (χ1n) is 7.73. The van der Waals surface area contributed by atoms with E-state index in [0.717, 1.165) is 52.1 Å². The number of likely N-dealkylation sites (tertiary alicyclic amines) is 1. The molecule has 0 bridgehead atoms. The maximum atomic E-state index is 12.0. The standard InChI is InChI=1S/C15H28N2O3/c1-15(2,3)20-14(18)17-8-5-12(10-17)4-7-16-13-6-9-19-11-13/h12-13,16H,4-11H2,1-3H3.